The van der Waals surface area contributed by atoms with Gasteiger partial charge in [-0.25, -0.2) is 4.79 Å². The van der Waals surface area contributed by atoms with E-state index in [1.807, 2.05) is 37.3 Å². The summed E-state index contributed by atoms with van der Waals surface area (Å²) in [6.07, 6.45) is 0. The van der Waals surface area contributed by atoms with Crippen molar-refractivity contribution in [3.05, 3.63) is 59.1 Å². The van der Waals surface area contributed by atoms with E-state index in [0.717, 1.165) is 5.75 Å². The highest BCUT2D eigenvalue weighted by atomic mass is 35.5. The number of carbonyl (C=O) groups excluding carboxylic acids is 1. The Morgan fingerprint density at radius 1 is 1.24 bits per heavy atom. The van der Waals surface area contributed by atoms with E-state index in [2.05, 4.69) is 10.6 Å². The number of methoxy groups -OCH3 is 1. The normalized spacial score (nSPS) is 11.3. The number of esters is 1. The standard InChI is InChI=1S/C18H19ClN2O3S/c1-12(11-24-14-6-4-3-5-7-14)20-18(25)21-16-10-13(17(22)23-2)8-9-15(16)19/h3-10,12H,11H2,1-2H3,(H2,20,21,25). The van der Waals surface area contributed by atoms with Crippen LogP contribution in [-0.4, -0.2) is 30.8 Å². The lowest BCUT2D eigenvalue weighted by Gasteiger charge is -2.18. The lowest BCUT2D eigenvalue weighted by Crippen LogP contribution is -2.39. The molecule has 2 rings (SSSR count). The summed E-state index contributed by atoms with van der Waals surface area (Å²) in [6.45, 7) is 2.39. The first-order valence-electron chi connectivity index (χ1n) is 7.63. The molecular formula is C18H19ClN2O3S. The van der Waals surface area contributed by atoms with Crippen LogP contribution in [0, 0.1) is 0 Å². The van der Waals surface area contributed by atoms with Gasteiger partial charge >= 0.3 is 5.97 Å². The van der Waals surface area contributed by atoms with E-state index in [1.165, 1.54) is 7.11 Å². The average Bonchev–Trinajstić information content (AvgIpc) is 2.62. The third kappa shape index (κ3) is 5.92. The van der Waals surface area contributed by atoms with Crippen molar-refractivity contribution in [2.45, 2.75) is 13.0 Å². The molecule has 2 N–H and O–H groups in total. The van der Waals surface area contributed by atoms with Crippen molar-refractivity contribution < 1.29 is 14.3 Å². The summed E-state index contributed by atoms with van der Waals surface area (Å²) < 4.78 is 10.4. The van der Waals surface area contributed by atoms with Gasteiger partial charge in [0.1, 0.15) is 12.4 Å². The zero-order valence-corrected chi connectivity index (χ0v) is 15.5. The summed E-state index contributed by atoms with van der Waals surface area (Å²) in [6, 6.07) is 14.3. The largest absolute Gasteiger partial charge is 0.491 e. The van der Waals surface area contributed by atoms with Crippen LogP contribution in [0.2, 0.25) is 5.02 Å². The maximum atomic E-state index is 11.6. The number of halogens is 1. The molecule has 0 aromatic heterocycles. The molecule has 2 aromatic rings. The number of hydrogen-bond acceptors (Lipinski definition) is 4. The molecule has 0 radical (unpaired) electrons. The van der Waals surface area contributed by atoms with Gasteiger partial charge in [0.15, 0.2) is 5.11 Å². The molecule has 1 atom stereocenters. The molecule has 7 heteroatoms. The van der Waals surface area contributed by atoms with Gasteiger partial charge in [0.2, 0.25) is 0 Å². The molecule has 0 heterocycles. The van der Waals surface area contributed by atoms with Gasteiger partial charge in [-0.3, -0.25) is 0 Å². The molecule has 0 saturated carbocycles. The van der Waals surface area contributed by atoms with Crippen LogP contribution < -0.4 is 15.4 Å². The number of thiocarbonyl (C=S) groups is 1. The summed E-state index contributed by atoms with van der Waals surface area (Å²) >= 11 is 11.4. The zero-order valence-electron chi connectivity index (χ0n) is 13.9. The third-order valence-electron chi connectivity index (χ3n) is 3.26. The van der Waals surface area contributed by atoms with E-state index in [0.29, 0.717) is 28.0 Å². The van der Waals surface area contributed by atoms with E-state index in [4.69, 9.17) is 33.3 Å². The topological polar surface area (TPSA) is 59.6 Å². The van der Waals surface area contributed by atoms with Crippen LogP contribution in [0.1, 0.15) is 17.3 Å². The number of hydrogen-bond donors (Lipinski definition) is 2. The van der Waals surface area contributed by atoms with Gasteiger partial charge in [0.25, 0.3) is 0 Å². The Kier molecular flexibility index (Phi) is 7.03. The monoisotopic (exact) mass is 378 g/mol. The highest BCUT2D eigenvalue weighted by Gasteiger charge is 2.11. The molecule has 0 fully saturated rings. The van der Waals surface area contributed by atoms with Crippen LogP contribution in [0.4, 0.5) is 5.69 Å². The van der Waals surface area contributed by atoms with Gasteiger partial charge < -0.3 is 20.1 Å². The predicted molar refractivity (Wildman–Crippen MR) is 104 cm³/mol. The lowest BCUT2D eigenvalue weighted by molar-refractivity contribution is 0.0601. The quantitative estimate of drug-likeness (QED) is 0.587. The van der Waals surface area contributed by atoms with E-state index in [-0.39, 0.29) is 6.04 Å². The zero-order chi connectivity index (χ0) is 18.2. The lowest BCUT2D eigenvalue weighted by atomic mass is 10.2. The first-order chi connectivity index (χ1) is 12.0. The average molecular weight is 379 g/mol. The second-order valence-electron chi connectivity index (χ2n) is 5.31. The Hall–Kier alpha value is -2.31. The second-order valence-corrected chi connectivity index (χ2v) is 6.13. The van der Waals surface area contributed by atoms with Crippen LogP contribution in [0.5, 0.6) is 5.75 Å². The predicted octanol–water partition coefficient (Wildman–Crippen LogP) is 3.88. The van der Waals surface area contributed by atoms with E-state index >= 15 is 0 Å². The molecule has 5 nitrogen and oxygen atoms in total. The molecule has 2 aromatic carbocycles. The smallest absolute Gasteiger partial charge is 0.337 e. The minimum Gasteiger partial charge on any atom is -0.491 e. The number of para-hydroxylation sites is 1. The summed E-state index contributed by atoms with van der Waals surface area (Å²) in [5.74, 6) is 0.354. The molecule has 1 unspecified atom stereocenters. The minimum absolute atomic E-state index is 0.0252. The van der Waals surface area contributed by atoms with Crippen LogP contribution in [0.15, 0.2) is 48.5 Å². The first kappa shape index (κ1) is 19.0. The van der Waals surface area contributed by atoms with Gasteiger partial charge in [-0.15, -0.1) is 0 Å². The third-order valence-corrected chi connectivity index (χ3v) is 3.81. The molecule has 0 bridgehead atoms. The molecule has 0 amide bonds. The number of benzene rings is 2. The second kappa shape index (κ2) is 9.25. The fraction of sp³-hybridized carbons (Fsp3) is 0.222. The van der Waals surface area contributed by atoms with Gasteiger partial charge in [0, 0.05) is 0 Å². The van der Waals surface area contributed by atoms with Crippen LogP contribution in [0.25, 0.3) is 0 Å². The fourth-order valence-electron chi connectivity index (χ4n) is 2.03. The molecule has 0 aliphatic rings. The van der Waals surface area contributed by atoms with Crippen molar-refractivity contribution in [2.24, 2.45) is 0 Å². The van der Waals surface area contributed by atoms with Gasteiger partial charge in [0.05, 0.1) is 29.4 Å². The van der Waals surface area contributed by atoms with Crippen LogP contribution >= 0.6 is 23.8 Å². The fourth-order valence-corrected chi connectivity index (χ4v) is 2.50. The van der Waals surface area contributed by atoms with Crippen molar-refractivity contribution in [3.63, 3.8) is 0 Å². The van der Waals surface area contributed by atoms with Crippen molar-refractivity contribution in [1.82, 2.24) is 5.32 Å². The molecule has 0 aliphatic heterocycles. The summed E-state index contributed by atoms with van der Waals surface area (Å²) in [4.78, 5) is 11.6. The molecular weight excluding hydrogens is 360 g/mol. The first-order valence-corrected chi connectivity index (χ1v) is 8.41. The SMILES string of the molecule is COC(=O)c1ccc(Cl)c(NC(=S)NC(C)COc2ccccc2)c1. The van der Waals surface area contributed by atoms with E-state index in [9.17, 15) is 4.79 Å². The Bertz CT molecular complexity index is 740. The summed E-state index contributed by atoms with van der Waals surface area (Å²) in [5.41, 5.74) is 0.913. The molecule has 132 valence electrons. The minimum atomic E-state index is -0.441. The Labute approximate surface area is 157 Å². The highest BCUT2D eigenvalue weighted by Crippen LogP contribution is 2.23. The van der Waals surface area contributed by atoms with E-state index < -0.39 is 5.97 Å². The number of carbonyl (C=O) groups is 1. The van der Waals surface area contributed by atoms with Gasteiger partial charge in [-0.2, -0.15) is 0 Å². The van der Waals surface area contributed by atoms with Crippen molar-refractivity contribution >= 4 is 40.6 Å². The molecule has 0 aliphatic carbocycles. The Morgan fingerprint density at radius 3 is 2.64 bits per heavy atom. The van der Waals surface area contributed by atoms with Gasteiger partial charge in [-0.1, -0.05) is 29.8 Å². The number of nitrogens with one attached hydrogen (secondary N) is 2. The maximum Gasteiger partial charge on any atom is 0.337 e. The number of rotatable bonds is 6. The van der Waals surface area contributed by atoms with Crippen LogP contribution in [-0.2, 0) is 4.74 Å². The summed E-state index contributed by atoms with van der Waals surface area (Å²) in [7, 11) is 1.32. The Morgan fingerprint density at radius 2 is 1.96 bits per heavy atom. The highest BCUT2D eigenvalue weighted by molar-refractivity contribution is 7.80. The molecule has 0 spiro atoms. The summed E-state index contributed by atoms with van der Waals surface area (Å²) in [5, 5.41) is 6.92. The molecule has 0 saturated heterocycles. The van der Waals surface area contributed by atoms with Crippen molar-refractivity contribution in [2.75, 3.05) is 19.0 Å². The van der Waals surface area contributed by atoms with Crippen molar-refractivity contribution in [3.8, 4) is 5.75 Å². The van der Waals surface area contributed by atoms with Crippen molar-refractivity contribution in [1.29, 1.82) is 0 Å². The van der Waals surface area contributed by atoms with Gasteiger partial charge in [-0.05, 0) is 49.5 Å². The maximum absolute atomic E-state index is 11.6. The number of ether oxygens (including phenoxy) is 2. The number of anilines is 1. The van der Waals surface area contributed by atoms with E-state index in [1.54, 1.807) is 18.2 Å². The Balaban J connectivity index is 1.90. The van der Waals surface area contributed by atoms with Crippen LogP contribution in [0.3, 0.4) is 0 Å². The molecule has 25 heavy (non-hydrogen) atoms.